The van der Waals surface area contributed by atoms with Gasteiger partial charge in [0.05, 0.1) is 0 Å². The molecule has 0 aliphatic carbocycles. The molecule has 0 saturated carbocycles. The fourth-order valence-electron chi connectivity index (χ4n) is 1.94. The van der Waals surface area contributed by atoms with Crippen LogP contribution in [0.5, 0.6) is 0 Å². The summed E-state index contributed by atoms with van der Waals surface area (Å²) in [5.74, 6) is 0.688. The Hall–Kier alpha value is 0.390. The molecule has 0 spiro atoms. The van der Waals surface area contributed by atoms with Crippen LogP contribution in [0.15, 0.2) is 22.7 Å². The molecule has 0 radical (unpaired) electrons. The number of benzene rings is 1. The first-order valence-electron chi connectivity index (χ1n) is 4.93. The highest BCUT2D eigenvalue weighted by atomic mass is 127. The van der Waals surface area contributed by atoms with Gasteiger partial charge in [0.1, 0.15) is 0 Å². The Kier molecular flexibility index (Phi) is 3.85. The summed E-state index contributed by atoms with van der Waals surface area (Å²) in [6.07, 6.45) is 2.61. The van der Waals surface area contributed by atoms with Crippen molar-refractivity contribution in [3.8, 4) is 0 Å². The first kappa shape index (κ1) is 10.9. The highest BCUT2D eigenvalue weighted by Gasteiger charge is 2.17. The zero-order valence-electron chi connectivity index (χ0n) is 7.89. The average molecular weight is 366 g/mol. The van der Waals surface area contributed by atoms with Gasteiger partial charge in [-0.2, -0.15) is 0 Å². The molecule has 1 fully saturated rings. The zero-order chi connectivity index (χ0) is 9.97. The van der Waals surface area contributed by atoms with E-state index in [1.165, 1.54) is 33.0 Å². The molecule has 1 N–H and O–H groups in total. The number of nitrogens with one attached hydrogen (secondary N) is 1. The average Bonchev–Trinajstić information content (AvgIpc) is 2.23. The van der Waals surface area contributed by atoms with E-state index in [4.69, 9.17) is 0 Å². The monoisotopic (exact) mass is 365 g/mol. The Bertz CT molecular complexity index is 321. The maximum atomic E-state index is 3.63. The van der Waals surface area contributed by atoms with E-state index in [2.05, 4.69) is 62.0 Å². The fourth-order valence-corrected chi connectivity index (χ4v) is 3.03. The molecule has 14 heavy (non-hydrogen) atoms. The van der Waals surface area contributed by atoms with Crippen molar-refractivity contribution in [1.29, 1.82) is 0 Å². The third-order valence-electron chi connectivity index (χ3n) is 2.69. The molecule has 0 aromatic heterocycles. The minimum absolute atomic E-state index is 0.688. The normalized spacial score (nSPS) is 22.3. The second kappa shape index (κ2) is 4.94. The van der Waals surface area contributed by atoms with E-state index in [0.717, 1.165) is 6.54 Å². The molecule has 1 aliphatic heterocycles. The molecule has 1 aromatic carbocycles. The van der Waals surface area contributed by atoms with Crippen LogP contribution in [0, 0.1) is 3.57 Å². The van der Waals surface area contributed by atoms with Crippen LogP contribution in [-0.4, -0.2) is 13.1 Å². The second-order valence-corrected chi connectivity index (χ2v) is 5.81. The van der Waals surface area contributed by atoms with Crippen LogP contribution in [0.4, 0.5) is 0 Å². The number of hydrogen-bond acceptors (Lipinski definition) is 1. The van der Waals surface area contributed by atoms with E-state index in [0.29, 0.717) is 5.92 Å². The molecule has 1 aromatic rings. The van der Waals surface area contributed by atoms with Crippen molar-refractivity contribution in [2.75, 3.05) is 13.1 Å². The predicted octanol–water partition coefficient (Wildman–Crippen LogP) is 3.52. The number of rotatable bonds is 1. The Balaban J connectivity index is 2.24. The fraction of sp³-hybridized carbons (Fsp3) is 0.455. The van der Waals surface area contributed by atoms with Gasteiger partial charge in [0.25, 0.3) is 0 Å². The van der Waals surface area contributed by atoms with Gasteiger partial charge in [-0.25, -0.2) is 0 Å². The largest absolute Gasteiger partial charge is 0.316 e. The summed E-state index contributed by atoms with van der Waals surface area (Å²) < 4.78 is 2.58. The molecule has 0 bridgehead atoms. The van der Waals surface area contributed by atoms with E-state index < -0.39 is 0 Å². The molecule has 1 heterocycles. The molecule has 3 heteroatoms. The van der Waals surface area contributed by atoms with Gasteiger partial charge >= 0.3 is 0 Å². The van der Waals surface area contributed by atoms with Gasteiger partial charge in [-0.3, -0.25) is 0 Å². The number of halogens is 2. The van der Waals surface area contributed by atoms with Gasteiger partial charge < -0.3 is 5.32 Å². The Morgan fingerprint density at radius 2 is 2.29 bits per heavy atom. The van der Waals surface area contributed by atoms with E-state index in [1.54, 1.807) is 0 Å². The summed E-state index contributed by atoms with van der Waals surface area (Å²) >= 11 is 6.01. The van der Waals surface area contributed by atoms with Gasteiger partial charge in [0.15, 0.2) is 0 Å². The van der Waals surface area contributed by atoms with Gasteiger partial charge in [0, 0.05) is 14.6 Å². The highest BCUT2D eigenvalue weighted by molar-refractivity contribution is 14.1. The summed E-state index contributed by atoms with van der Waals surface area (Å²) in [5, 5.41) is 3.46. The summed E-state index contributed by atoms with van der Waals surface area (Å²) in [6.45, 7) is 2.30. The van der Waals surface area contributed by atoms with Gasteiger partial charge in [-0.15, -0.1) is 0 Å². The third kappa shape index (κ3) is 2.49. The van der Waals surface area contributed by atoms with E-state index >= 15 is 0 Å². The summed E-state index contributed by atoms with van der Waals surface area (Å²) in [7, 11) is 0. The quantitative estimate of drug-likeness (QED) is 0.751. The Morgan fingerprint density at radius 3 is 3.00 bits per heavy atom. The summed E-state index contributed by atoms with van der Waals surface area (Å²) in [5.41, 5.74) is 1.46. The van der Waals surface area contributed by atoms with Gasteiger partial charge in [0.2, 0.25) is 0 Å². The van der Waals surface area contributed by atoms with Crippen LogP contribution in [0.2, 0.25) is 0 Å². The molecule has 1 saturated heterocycles. The second-order valence-electron chi connectivity index (χ2n) is 3.71. The Labute approximate surface area is 107 Å². The topological polar surface area (TPSA) is 12.0 Å². The van der Waals surface area contributed by atoms with Crippen molar-refractivity contribution in [2.24, 2.45) is 0 Å². The molecule has 1 aliphatic rings. The van der Waals surface area contributed by atoms with Crippen molar-refractivity contribution in [1.82, 2.24) is 5.32 Å². The molecule has 0 amide bonds. The van der Waals surface area contributed by atoms with E-state index in [-0.39, 0.29) is 0 Å². The van der Waals surface area contributed by atoms with Crippen molar-refractivity contribution in [2.45, 2.75) is 18.8 Å². The molecule has 76 valence electrons. The zero-order valence-corrected chi connectivity index (χ0v) is 11.6. The molecular weight excluding hydrogens is 353 g/mol. The lowest BCUT2D eigenvalue weighted by Gasteiger charge is -2.24. The Morgan fingerprint density at radius 1 is 1.43 bits per heavy atom. The smallest absolute Gasteiger partial charge is 0.0211 e. The summed E-state index contributed by atoms with van der Waals surface area (Å²) in [4.78, 5) is 0. The van der Waals surface area contributed by atoms with Crippen molar-refractivity contribution < 1.29 is 0 Å². The van der Waals surface area contributed by atoms with Crippen molar-refractivity contribution in [3.63, 3.8) is 0 Å². The lowest BCUT2D eigenvalue weighted by atomic mass is 9.92. The maximum Gasteiger partial charge on any atom is 0.0211 e. The number of piperidine rings is 1. The van der Waals surface area contributed by atoms with E-state index in [9.17, 15) is 0 Å². The van der Waals surface area contributed by atoms with Gasteiger partial charge in [-0.1, -0.05) is 15.9 Å². The predicted molar refractivity (Wildman–Crippen MR) is 71.7 cm³/mol. The van der Waals surface area contributed by atoms with Crippen LogP contribution in [0.25, 0.3) is 0 Å². The first-order chi connectivity index (χ1) is 6.77. The molecule has 1 atom stereocenters. The third-order valence-corrected chi connectivity index (χ3v) is 4.09. The molecule has 2 rings (SSSR count). The standard InChI is InChI=1S/C11H13BrIN/c12-11-4-3-9(13)6-10(11)8-2-1-5-14-7-8/h3-4,6,8,14H,1-2,5,7H2/t8-/m0/s1. The van der Waals surface area contributed by atoms with Crippen LogP contribution in [-0.2, 0) is 0 Å². The van der Waals surface area contributed by atoms with E-state index in [1.807, 2.05) is 0 Å². The van der Waals surface area contributed by atoms with Crippen molar-refractivity contribution in [3.05, 3.63) is 31.8 Å². The van der Waals surface area contributed by atoms with Crippen molar-refractivity contribution >= 4 is 38.5 Å². The maximum absolute atomic E-state index is 3.63. The minimum atomic E-state index is 0.688. The highest BCUT2D eigenvalue weighted by Crippen LogP contribution is 2.30. The SMILES string of the molecule is Brc1ccc(I)cc1[C@H]1CCCNC1. The summed E-state index contributed by atoms with van der Waals surface area (Å²) in [6, 6.07) is 6.60. The first-order valence-corrected chi connectivity index (χ1v) is 6.80. The molecular formula is C11H13BrIN. The van der Waals surface area contributed by atoms with Crippen LogP contribution in [0.1, 0.15) is 24.3 Å². The molecule has 1 nitrogen and oxygen atoms in total. The van der Waals surface area contributed by atoms with Crippen LogP contribution in [0.3, 0.4) is 0 Å². The number of hydrogen-bond donors (Lipinski definition) is 1. The lowest BCUT2D eigenvalue weighted by molar-refractivity contribution is 0.460. The van der Waals surface area contributed by atoms with Crippen LogP contribution < -0.4 is 5.32 Å². The van der Waals surface area contributed by atoms with Crippen LogP contribution >= 0.6 is 38.5 Å². The van der Waals surface area contributed by atoms with Gasteiger partial charge in [-0.05, 0) is 71.7 Å². The molecule has 0 unspecified atom stereocenters. The minimum Gasteiger partial charge on any atom is -0.316 e. The lowest BCUT2D eigenvalue weighted by Crippen LogP contribution is -2.28.